The maximum atomic E-state index is 12.6. The normalized spacial score (nSPS) is 18.4. The Morgan fingerprint density at radius 3 is 2.85 bits per heavy atom. The first kappa shape index (κ1) is 12.8. The quantitative estimate of drug-likeness (QED) is 0.873. The minimum absolute atomic E-state index is 0.0400. The van der Waals surface area contributed by atoms with E-state index in [-0.39, 0.29) is 18.6 Å². The smallest absolute Gasteiger partial charge is 0.254 e. The van der Waals surface area contributed by atoms with Crippen molar-refractivity contribution in [1.29, 1.82) is 0 Å². The van der Waals surface area contributed by atoms with Gasteiger partial charge in [-0.3, -0.25) is 14.5 Å². The number of nitrogens with zero attached hydrogens (tertiary/aromatic N) is 4. The molecule has 0 saturated heterocycles. The van der Waals surface area contributed by atoms with Crippen LogP contribution < -0.4 is 0 Å². The van der Waals surface area contributed by atoms with Crippen molar-refractivity contribution in [3.05, 3.63) is 48.0 Å². The van der Waals surface area contributed by atoms with Gasteiger partial charge in [0.15, 0.2) is 0 Å². The average molecular weight is 272 g/mol. The van der Waals surface area contributed by atoms with Gasteiger partial charge in [-0.05, 0) is 24.6 Å². The SMILES string of the molecule is O=C(c1ccncc1)N1Cc2ccnn2CC[C@H]1CO. The molecule has 1 aliphatic heterocycles. The number of aliphatic hydroxyl groups is 1. The van der Waals surface area contributed by atoms with Gasteiger partial charge in [0.1, 0.15) is 0 Å². The van der Waals surface area contributed by atoms with Gasteiger partial charge in [0.25, 0.3) is 5.91 Å². The van der Waals surface area contributed by atoms with Gasteiger partial charge in [0, 0.05) is 30.7 Å². The minimum Gasteiger partial charge on any atom is -0.394 e. The summed E-state index contributed by atoms with van der Waals surface area (Å²) < 4.78 is 1.89. The summed E-state index contributed by atoms with van der Waals surface area (Å²) in [7, 11) is 0. The number of fused-ring (bicyclic) bond motifs is 1. The average Bonchev–Trinajstić information content (AvgIpc) is 2.87. The number of aryl methyl sites for hydroxylation is 1. The Hall–Kier alpha value is -2.21. The molecule has 0 saturated carbocycles. The largest absolute Gasteiger partial charge is 0.394 e. The lowest BCUT2D eigenvalue weighted by atomic mass is 10.1. The number of carbonyl (C=O) groups excluding carboxylic acids is 1. The Morgan fingerprint density at radius 1 is 1.30 bits per heavy atom. The Kier molecular flexibility index (Phi) is 3.47. The molecule has 0 radical (unpaired) electrons. The van der Waals surface area contributed by atoms with E-state index in [1.165, 1.54) is 0 Å². The summed E-state index contributed by atoms with van der Waals surface area (Å²) in [6, 6.07) is 5.11. The van der Waals surface area contributed by atoms with E-state index in [0.29, 0.717) is 25.1 Å². The van der Waals surface area contributed by atoms with Crippen molar-refractivity contribution in [2.24, 2.45) is 0 Å². The third kappa shape index (κ3) is 2.30. The summed E-state index contributed by atoms with van der Waals surface area (Å²) in [6.07, 6.45) is 5.64. The number of pyridine rings is 1. The van der Waals surface area contributed by atoms with Crippen LogP contribution in [0.5, 0.6) is 0 Å². The zero-order valence-electron chi connectivity index (χ0n) is 11.0. The van der Waals surface area contributed by atoms with Gasteiger partial charge in [-0.15, -0.1) is 0 Å². The molecule has 0 spiro atoms. The van der Waals surface area contributed by atoms with Crippen LogP contribution in [0.3, 0.4) is 0 Å². The fourth-order valence-electron chi connectivity index (χ4n) is 2.51. The van der Waals surface area contributed by atoms with E-state index in [1.54, 1.807) is 35.6 Å². The monoisotopic (exact) mass is 272 g/mol. The van der Waals surface area contributed by atoms with Crippen molar-refractivity contribution < 1.29 is 9.90 Å². The lowest BCUT2D eigenvalue weighted by Crippen LogP contribution is -2.41. The number of rotatable bonds is 2. The highest BCUT2D eigenvalue weighted by atomic mass is 16.3. The molecule has 3 rings (SSSR count). The number of amides is 1. The summed E-state index contributed by atoms with van der Waals surface area (Å²) in [5, 5.41) is 13.8. The van der Waals surface area contributed by atoms with E-state index in [1.807, 2.05) is 10.7 Å². The minimum atomic E-state index is -0.183. The topological polar surface area (TPSA) is 71.2 Å². The molecule has 0 aliphatic carbocycles. The molecular formula is C14H16N4O2. The third-order valence-corrected chi connectivity index (χ3v) is 3.65. The maximum absolute atomic E-state index is 12.6. The van der Waals surface area contributed by atoms with Gasteiger partial charge in [-0.1, -0.05) is 0 Å². The zero-order chi connectivity index (χ0) is 13.9. The van der Waals surface area contributed by atoms with Crippen molar-refractivity contribution in [2.75, 3.05) is 6.61 Å². The van der Waals surface area contributed by atoms with E-state index < -0.39 is 0 Å². The molecule has 6 nitrogen and oxygen atoms in total. The molecule has 6 heteroatoms. The van der Waals surface area contributed by atoms with E-state index >= 15 is 0 Å². The van der Waals surface area contributed by atoms with Crippen molar-refractivity contribution >= 4 is 5.91 Å². The second-order valence-corrected chi connectivity index (χ2v) is 4.84. The molecule has 1 atom stereocenters. The zero-order valence-corrected chi connectivity index (χ0v) is 11.0. The molecular weight excluding hydrogens is 256 g/mol. The van der Waals surface area contributed by atoms with Gasteiger partial charge >= 0.3 is 0 Å². The van der Waals surface area contributed by atoms with Crippen LogP contribution in [0.4, 0.5) is 0 Å². The maximum Gasteiger partial charge on any atom is 0.254 e. The van der Waals surface area contributed by atoms with Gasteiger partial charge in [-0.2, -0.15) is 5.10 Å². The fourth-order valence-corrected chi connectivity index (χ4v) is 2.51. The lowest BCUT2D eigenvalue weighted by Gasteiger charge is -2.28. The highest BCUT2D eigenvalue weighted by Crippen LogP contribution is 2.19. The summed E-state index contributed by atoms with van der Waals surface area (Å²) in [6.45, 7) is 1.14. The van der Waals surface area contributed by atoms with Gasteiger partial charge in [0.05, 0.1) is 24.9 Å². The second-order valence-electron chi connectivity index (χ2n) is 4.84. The van der Waals surface area contributed by atoms with Crippen LogP contribution in [0.1, 0.15) is 22.5 Å². The molecule has 20 heavy (non-hydrogen) atoms. The number of carbonyl (C=O) groups is 1. The van der Waals surface area contributed by atoms with Crippen LogP contribution in [0.15, 0.2) is 36.8 Å². The van der Waals surface area contributed by atoms with Crippen LogP contribution in [-0.2, 0) is 13.1 Å². The molecule has 1 N–H and O–H groups in total. The van der Waals surface area contributed by atoms with E-state index in [0.717, 1.165) is 5.69 Å². The summed E-state index contributed by atoms with van der Waals surface area (Å²) >= 11 is 0. The third-order valence-electron chi connectivity index (χ3n) is 3.65. The predicted octanol–water partition coefficient (Wildman–Crippen LogP) is 0.685. The first-order chi connectivity index (χ1) is 9.79. The van der Waals surface area contributed by atoms with Crippen LogP contribution in [0, 0.1) is 0 Å². The molecule has 0 unspecified atom stereocenters. The van der Waals surface area contributed by atoms with E-state index in [9.17, 15) is 9.90 Å². The van der Waals surface area contributed by atoms with E-state index in [2.05, 4.69) is 10.1 Å². The fraction of sp³-hybridized carbons (Fsp3) is 0.357. The highest BCUT2D eigenvalue weighted by Gasteiger charge is 2.28. The van der Waals surface area contributed by atoms with Gasteiger partial charge < -0.3 is 10.0 Å². The molecule has 3 heterocycles. The molecule has 104 valence electrons. The van der Waals surface area contributed by atoms with Gasteiger partial charge in [0.2, 0.25) is 0 Å². The molecule has 0 fully saturated rings. The Balaban J connectivity index is 1.91. The first-order valence-electron chi connectivity index (χ1n) is 6.62. The molecule has 2 aromatic rings. The number of hydrogen-bond donors (Lipinski definition) is 1. The predicted molar refractivity (Wildman–Crippen MR) is 71.8 cm³/mol. The Bertz CT molecular complexity index is 596. The van der Waals surface area contributed by atoms with Crippen LogP contribution >= 0.6 is 0 Å². The Labute approximate surface area is 116 Å². The molecule has 0 aromatic carbocycles. The molecule has 2 aromatic heterocycles. The molecule has 0 bridgehead atoms. The number of aliphatic hydroxyl groups excluding tert-OH is 1. The van der Waals surface area contributed by atoms with Crippen molar-refractivity contribution in [2.45, 2.75) is 25.6 Å². The summed E-state index contributed by atoms with van der Waals surface area (Å²) in [5.41, 5.74) is 1.58. The standard InChI is InChI=1S/C14H16N4O2/c19-10-13-4-8-18-12(3-7-16-18)9-17(13)14(20)11-1-5-15-6-2-11/h1-3,5-7,13,19H,4,8-10H2/t13-/m0/s1. The number of hydrogen-bond acceptors (Lipinski definition) is 4. The van der Waals surface area contributed by atoms with Crippen LogP contribution in [-0.4, -0.2) is 43.3 Å². The van der Waals surface area contributed by atoms with E-state index in [4.69, 9.17) is 0 Å². The summed E-state index contributed by atoms with van der Waals surface area (Å²) in [5.74, 6) is -0.0823. The van der Waals surface area contributed by atoms with Crippen molar-refractivity contribution in [3.8, 4) is 0 Å². The van der Waals surface area contributed by atoms with Crippen molar-refractivity contribution in [1.82, 2.24) is 19.7 Å². The van der Waals surface area contributed by atoms with Crippen LogP contribution in [0.2, 0.25) is 0 Å². The van der Waals surface area contributed by atoms with Gasteiger partial charge in [-0.25, -0.2) is 0 Å². The molecule has 1 amide bonds. The van der Waals surface area contributed by atoms with Crippen molar-refractivity contribution in [3.63, 3.8) is 0 Å². The summed E-state index contributed by atoms with van der Waals surface area (Å²) in [4.78, 5) is 18.3. The first-order valence-corrected chi connectivity index (χ1v) is 6.62. The number of aromatic nitrogens is 3. The molecule has 1 aliphatic rings. The lowest BCUT2D eigenvalue weighted by molar-refractivity contribution is 0.0568. The van der Waals surface area contributed by atoms with Crippen LogP contribution in [0.25, 0.3) is 0 Å². The Morgan fingerprint density at radius 2 is 2.10 bits per heavy atom. The highest BCUT2D eigenvalue weighted by molar-refractivity contribution is 5.94. The second kappa shape index (κ2) is 5.42.